The summed E-state index contributed by atoms with van der Waals surface area (Å²) in [5.41, 5.74) is 5.32. The van der Waals surface area contributed by atoms with Gasteiger partial charge >= 0.3 is 5.89 Å². The zero-order chi connectivity index (χ0) is 18.4. The molecule has 0 fully saturated rings. The molecule has 7 heteroatoms. The Kier molecular flexibility index (Phi) is 3.82. The molecule has 0 bridgehead atoms. The molecule has 0 unspecified atom stereocenters. The number of aromatic nitrogens is 3. The molecule has 2 aromatic carbocycles. The first kappa shape index (κ1) is 16.4. The molecular formula is C19H17N3O4. The van der Waals surface area contributed by atoms with E-state index in [-0.39, 0.29) is 11.8 Å². The predicted octanol–water partition coefficient (Wildman–Crippen LogP) is 3.45. The fourth-order valence-corrected chi connectivity index (χ4v) is 2.88. The molecule has 26 heavy (non-hydrogen) atoms. The molecule has 2 heterocycles. The monoisotopic (exact) mass is 351 g/mol. The van der Waals surface area contributed by atoms with Crippen LogP contribution in [0.25, 0.3) is 34.3 Å². The Hall–Kier alpha value is -3.03. The minimum Gasteiger partial charge on any atom is -0.432 e. The van der Waals surface area contributed by atoms with Crippen molar-refractivity contribution in [2.24, 2.45) is 0 Å². The topological polar surface area (TPSA) is 105 Å². The van der Waals surface area contributed by atoms with E-state index in [1.54, 1.807) is 25.1 Å². The van der Waals surface area contributed by atoms with Gasteiger partial charge in [-0.05, 0) is 43.5 Å². The van der Waals surface area contributed by atoms with E-state index in [9.17, 15) is 10.2 Å². The molecule has 2 N–H and O–H groups in total. The number of hydrogen-bond donors (Lipinski definition) is 2. The van der Waals surface area contributed by atoms with Crippen molar-refractivity contribution in [2.75, 3.05) is 0 Å². The van der Waals surface area contributed by atoms with E-state index < -0.39 is 6.29 Å². The third-order valence-corrected chi connectivity index (χ3v) is 4.36. The summed E-state index contributed by atoms with van der Waals surface area (Å²) in [5.74, 6) is 0.840. The molecule has 0 aliphatic heterocycles. The Bertz CT molecular complexity index is 1070. The Morgan fingerprint density at radius 3 is 2.35 bits per heavy atom. The number of hydrogen-bond acceptors (Lipinski definition) is 7. The van der Waals surface area contributed by atoms with Crippen LogP contribution in [-0.4, -0.2) is 25.3 Å². The Labute approximate surface area is 148 Å². The summed E-state index contributed by atoms with van der Waals surface area (Å²) >= 11 is 0. The number of rotatable bonds is 3. The van der Waals surface area contributed by atoms with Crippen LogP contribution in [0, 0.1) is 20.8 Å². The Balaban J connectivity index is 1.74. The molecule has 0 saturated carbocycles. The van der Waals surface area contributed by atoms with Gasteiger partial charge in [0, 0.05) is 11.1 Å². The Morgan fingerprint density at radius 1 is 0.885 bits per heavy atom. The lowest BCUT2D eigenvalue weighted by Crippen LogP contribution is -1.98. The van der Waals surface area contributed by atoms with E-state index >= 15 is 0 Å². The molecule has 0 aliphatic rings. The van der Waals surface area contributed by atoms with Crippen molar-refractivity contribution in [3.8, 4) is 23.2 Å². The van der Waals surface area contributed by atoms with Gasteiger partial charge in [0.25, 0.3) is 5.89 Å². The molecule has 0 radical (unpaired) electrons. The van der Waals surface area contributed by atoms with E-state index in [0.717, 1.165) is 22.2 Å². The van der Waals surface area contributed by atoms with E-state index in [1.807, 2.05) is 26.0 Å². The fourth-order valence-electron chi connectivity index (χ4n) is 2.88. The van der Waals surface area contributed by atoms with Gasteiger partial charge in [0.2, 0.25) is 5.82 Å². The van der Waals surface area contributed by atoms with Crippen molar-refractivity contribution in [1.82, 2.24) is 15.1 Å². The molecule has 0 amide bonds. The van der Waals surface area contributed by atoms with Gasteiger partial charge < -0.3 is 19.2 Å². The highest BCUT2D eigenvalue weighted by molar-refractivity contribution is 5.81. The maximum Gasteiger partial charge on any atom is 0.314 e. The smallest absolute Gasteiger partial charge is 0.314 e. The van der Waals surface area contributed by atoms with Crippen molar-refractivity contribution in [3.05, 3.63) is 52.6 Å². The molecule has 4 aromatic rings. The van der Waals surface area contributed by atoms with Crippen molar-refractivity contribution < 1.29 is 19.2 Å². The van der Waals surface area contributed by atoms with Crippen LogP contribution in [0.3, 0.4) is 0 Å². The van der Waals surface area contributed by atoms with E-state index in [2.05, 4.69) is 15.1 Å². The number of benzene rings is 2. The third-order valence-electron chi connectivity index (χ3n) is 4.36. The molecule has 4 rings (SSSR count). The average molecular weight is 351 g/mol. The van der Waals surface area contributed by atoms with E-state index in [4.69, 9.17) is 8.94 Å². The molecule has 0 atom stereocenters. The molecular weight excluding hydrogens is 334 g/mol. The summed E-state index contributed by atoms with van der Waals surface area (Å²) in [7, 11) is 0. The van der Waals surface area contributed by atoms with Crippen molar-refractivity contribution >= 4 is 11.1 Å². The first-order valence-corrected chi connectivity index (χ1v) is 8.12. The van der Waals surface area contributed by atoms with Crippen molar-refractivity contribution in [1.29, 1.82) is 0 Å². The highest BCUT2D eigenvalue weighted by Crippen LogP contribution is 2.29. The predicted molar refractivity (Wildman–Crippen MR) is 94.1 cm³/mol. The third kappa shape index (κ3) is 2.67. The molecule has 7 nitrogen and oxygen atoms in total. The number of nitrogens with zero attached hydrogens (tertiary/aromatic N) is 3. The number of oxazole rings is 1. The Morgan fingerprint density at radius 2 is 1.65 bits per heavy atom. The second kappa shape index (κ2) is 6.05. The zero-order valence-electron chi connectivity index (χ0n) is 14.5. The molecule has 0 saturated heterocycles. The summed E-state index contributed by atoms with van der Waals surface area (Å²) in [6, 6.07) is 9.06. The van der Waals surface area contributed by atoms with Crippen LogP contribution in [0.5, 0.6) is 0 Å². The van der Waals surface area contributed by atoms with Crippen LogP contribution in [-0.2, 0) is 0 Å². The van der Waals surface area contributed by atoms with Crippen LogP contribution >= 0.6 is 0 Å². The average Bonchev–Trinajstić information content (AvgIpc) is 3.25. The lowest BCUT2D eigenvalue weighted by atomic mass is 10.0. The summed E-state index contributed by atoms with van der Waals surface area (Å²) in [6.07, 6.45) is -1.52. The van der Waals surface area contributed by atoms with Gasteiger partial charge in [-0.15, -0.1) is 0 Å². The zero-order valence-corrected chi connectivity index (χ0v) is 14.5. The second-order valence-electron chi connectivity index (χ2n) is 6.26. The maximum absolute atomic E-state index is 9.32. The van der Waals surface area contributed by atoms with E-state index in [0.29, 0.717) is 22.5 Å². The number of aliphatic hydroxyl groups is 2. The first-order chi connectivity index (χ1) is 12.4. The molecule has 132 valence electrons. The van der Waals surface area contributed by atoms with Gasteiger partial charge in [-0.25, -0.2) is 4.98 Å². The SMILES string of the molecule is Cc1cc(-c2noc(-c3nc4c(C)ccc(C)c4o3)n2)ccc1C(O)O. The van der Waals surface area contributed by atoms with Crippen LogP contribution in [0.4, 0.5) is 0 Å². The largest absolute Gasteiger partial charge is 0.432 e. The fraction of sp³-hybridized carbons (Fsp3) is 0.211. The normalized spacial score (nSPS) is 11.6. The minimum atomic E-state index is -1.52. The standard InChI is InChI=1S/C19H17N3O4/c1-9-4-5-10(2)15-14(9)20-17(25-15)18-21-16(22-26-18)12-6-7-13(19(23)24)11(3)8-12/h4-8,19,23-24H,1-3H3. The quantitative estimate of drug-likeness (QED) is 0.545. The van der Waals surface area contributed by atoms with E-state index in [1.165, 1.54) is 0 Å². The summed E-state index contributed by atoms with van der Waals surface area (Å²) in [4.78, 5) is 8.84. The van der Waals surface area contributed by atoms with Gasteiger partial charge in [-0.2, -0.15) is 4.98 Å². The highest BCUT2D eigenvalue weighted by Gasteiger charge is 2.19. The number of aryl methyl sites for hydroxylation is 3. The minimum absolute atomic E-state index is 0.193. The highest BCUT2D eigenvalue weighted by atomic mass is 16.5. The van der Waals surface area contributed by atoms with Gasteiger partial charge in [-0.1, -0.05) is 29.4 Å². The number of aliphatic hydroxyl groups excluding tert-OH is 1. The molecule has 0 spiro atoms. The maximum atomic E-state index is 9.32. The van der Waals surface area contributed by atoms with Crippen LogP contribution in [0.15, 0.2) is 39.3 Å². The van der Waals surface area contributed by atoms with Gasteiger partial charge in [0.05, 0.1) is 0 Å². The van der Waals surface area contributed by atoms with Gasteiger partial charge in [0.1, 0.15) is 5.52 Å². The molecule has 0 aliphatic carbocycles. The molecule has 2 aromatic heterocycles. The lowest BCUT2D eigenvalue weighted by molar-refractivity contribution is -0.0429. The lowest BCUT2D eigenvalue weighted by Gasteiger charge is -2.08. The van der Waals surface area contributed by atoms with Crippen molar-refractivity contribution in [2.45, 2.75) is 27.1 Å². The van der Waals surface area contributed by atoms with Crippen LogP contribution in [0.1, 0.15) is 28.5 Å². The van der Waals surface area contributed by atoms with Gasteiger partial charge in [-0.3, -0.25) is 0 Å². The summed E-state index contributed by atoms with van der Waals surface area (Å²) in [6.45, 7) is 5.70. The summed E-state index contributed by atoms with van der Waals surface area (Å²) < 4.78 is 11.1. The van der Waals surface area contributed by atoms with Crippen LogP contribution < -0.4 is 0 Å². The van der Waals surface area contributed by atoms with Crippen LogP contribution in [0.2, 0.25) is 0 Å². The first-order valence-electron chi connectivity index (χ1n) is 8.12. The second-order valence-corrected chi connectivity index (χ2v) is 6.26. The summed E-state index contributed by atoms with van der Waals surface area (Å²) in [5, 5.41) is 22.6. The number of fused-ring (bicyclic) bond motifs is 1. The van der Waals surface area contributed by atoms with Crippen molar-refractivity contribution in [3.63, 3.8) is 0 Å². The van der Waals surface area contributed by atoms with Gasteiger partial charge in [0.15, 0.2) is 11.9 Å².